The van der Waals surface area contributed by atoms with Gasteiger partial charge in [0.1, 0.15) is 0 Å². The van der Waals surface area contributed by atoms with Gasteiger partial charge in [0, 0.05) is 64.5 Å². The van der Waals surface area contributed by atoms with E-state index >= 15 is 0 Å². The Morgan fingerprint density at radius 3 is 2.10 bits per heavy atom. The normalized spacial score (nSPS) is 10.6. The maximum atomic E-state index is 12.1. The third kappa shape index (κ3) is 5.57. The summed E-state index contributed by atoms with van der Waals surface area (Å²) in [6.07, 6.45) is 0.713. The molecular weight excluding hydrogens is 366 g/mol. The quantitative estimate of drug-likeness (QED) is 0.634. The van der Waals surface area contributed by atoms with Crippen molar-refractivity contribution in [2.45, 2.75) is 19.4 Å². The first kappa shape index (κ1) is 20.4. The van der Waals surface area contributed by atoms with Crippen LogP contribution in [0.3, 0.4) is 0 Å². The summed E-state index contributed by atoms with van der Waals surface area (Å²) in [4.78, 5) is 20.6. The van der Waals surface area contributed by atoms with Crippen molar-refractivity contribution >= 4 is 17.3 Å². The average molecular weight is 393 g/mol. The molecule has 0 aliphatic heterocycles. The molecule has 0 saturated heterocycles. The number of anilines is 2. The van der Waals surface area contributed by atoms with Gasteiger partial charge in [0.25, 0.3) is 0 Å². The molecule has 152 valence electrons. The predicted molar refractivity (Wildman–Crippen MR) is 115 cm³/mol. The van der Waals surface area contributed by atoms with Crippen LogP contribution in [0.2, 0.25) is 0 Å². The van der Waals surface area contributed by atoms with E-state index in [9.17, 15) is 4.79 Å². The highest BCUT2D eigenvalue weighted by Gasteiger charge is 2.11. The monoisotopic (exact) mass is 393 g/mol. The maximum Gasteiger partial charge on any atom is 0.227 e. The zero-order valence-corrected chi connectivity index (χ0v) is 17.3. The third-order valence-corrected chi connectivity index (χ3v) is 4.62. The number of benzene rings is 2. The minimum absolute atomic E-state index is 0.0447. The average Bonchev–Trinajstić information content (AvgIpc) is 3.20. The van der Waals surface area contributed by atoms with Crippen LogP contribution in [-0.2, 0) is 17.8 Å². The molecule has 7 nitrogen and oxygen atoms in total. The lowest BCUT2D eigenvalue weighted by Gasteiger charge is -2.12. The second kappa shape index (κ2) is 9.23. The molecule has 1 N–H and O–H groups in total. The van der Waals surface area contributed by atoms with Crippen molar-refractivity contribution in [1.82, 2.24) is 15.5 Å². The van der Waals surface area contributed by atoms with Crippen LogP contribution in [0.25, 0.3) is 11.4 Å². The molecule has 0 aliphatic rings. The molecular formula is C22H27N5O2. The Bertz CT molecular complexity index is 931. The van der Waals surface area contributed by atoms with Gasteiger partial charge < -0.3 is 19.6 Å². The number of rotatable bonds is 8. The molecule has 1 heterocycles. The fourth-order valence-corrected chi connectivity index (χ4v) is 2.80. The lowest BCUT2D eigenvalue weighted by atomic mass is 10.2. The number of hydrogen-bond donors (Lipinski definition) is 1. The molecule has 1 aromatic heterocycles. The van der Waals surface area contributed by atoms with Gasteiger partial charge >= 0.3 is 0 Å². The van der Waals surface area contributed by atoms with E-state index in [0.29, 0.717) is 31.1 Å². The van der Waals surface area contributed by atoms with Crippen LogP contribution in [-0.4, -0.2) is 44.2 Å². The predicted octanol–water partition coefficient (Wildman–Crippen LogP) is 3.12. The van der Waals surface area contributed by atoms with E-state index in [2.05, 4.69) is 15.5 Å². The highest BCUT2D eigenvalue weighted by atomic mass is 16.5. The Labute approximate surface area is 171 Å². The van der Waals surface area contributed by atoms with Crippen molar-refractivity contribution < 1.29 is 9.32 Å². The summed E-state index contributed by atoms with van der Waals surface area (Å²) >= 11 is 0. The van der Waals surface area contributed by atoms with Crippen LogP contribution >= 0.6 is 0 Å². The van der Waals surface area contributed by atoms with Crippen molar-refractivity contribution in [3.63, 3.8) is 0 Å². The summed E-state index contributed by atoms with van der Waals surface area (Å²) < 4.78 is 5.29. The van der Waals surface area contributed by atoms with Crippen LogP contribution in [0.5, 0.6) is 0 Å². The molecule has 29 heavy (non-hydrogen) atoms. The molecule has 1 amide bonds. The van der Waals surface area contributed by atoms with Crippen LogP contribution < -0.4 is 15.1 Å². The van der Waals surface area contributed by atoms with E-state index in [1.54, 1.807) is 0 Å². The van der Waals surface area contributed by atoms with E-state index in [4.69, 9.17) is 4.52 Å². The highest BCUT2D eigenvalue weighted by Crippen LogP contribution is 2.20. The molecule has 3 rings (SSSR count). The van der Waals surface area contributed by atoms with Crippen molar-refractivity contribution in [2.24, 2.45) is 0 Å². The third-order valence-electron chi connectivity index (χ3n) is 4.62. The number of aryl methyl sites for hydroxylation is 1. The number of aromatic nitrogens is 2. The summed E-state index contributed by atoms with van der Waals surface area (Å²) in [5, 5.41) is 6.95. The Morgan fingerprint density at radius 2 is 1.52 bits per heavy atom. The summed E-state index contributed by atoms with van der Waals surface area (Å²) in [6, 6.07) is 16.0. The lowest BCUT2D eigenvalue weighted by molar-refractivity contribution is -0.121. The molecule has 0 bridgehead atoms. The van der Waals surface area contributed by atoms with Gasteiger partial charge in [0.2, 0.25) is 17.6 Å². The number of hydrogen-bond acceptors (Lipinski definition) is 6. The summed E-state index contributed by atoms with van der Waals surface area (Å²) in [5.41, 5.74) is 4.18. The van der Waals surface area contributed by atoms with Crippen molar-refractivity contribution in [1.29, 1.82) is 0 Å². The van der Waals surface area contributed by atoms with Crippen LogP contribution in [0, 0.1) is 0 Å². The van der Waals surface area contributed by atoms with E-state index < -0.39 is 0 Å². The van der Waals surface area contributed by atoms with Crippen LogP contribution in [0.15, 0.2) is 53.1 Å². The first-order valence-electron chi connectivity index (χ1n) is 9.55. The fraction of sp³-hybridized carbons (Fsp3) is 0.318. The largest absolute Gasteiger partial charge is 0.378 e. The molecule has 0 aliphatic carbocycles. The summed E-state index contributed by atoms with van der Waals surface area (Å²) in [6.45, 7) is 0.500. The fourth-order valence-electron chi connectivity index (χ4n) is 2.80. The molecule has 2 aromatic carbocycles. The molecule has 0 saturated carbocycles. The lowest BCUT2D eigenvalue weighted by Crippen LogP contribution is -2.23. The second-order valence-corrected chi connectivity index (χ2v) is 7.29. The Kier molecular flexibility index (Phi) is 6.49. The first-order chi connectivity index (χ1) is 13.9. The minimum Gasteiger partial charge on any atom is -0.378 e. The standard InChI is InChI=1S/C22H27N5O2/c1-26(2)18-9-5-16(6-10-18)15-23-20(28)13-14-21-24-22(25-29-21)17-7-11-19(12-8-17)27(3)4/h5-12H,13-15H2,1-4H3,(H,23,28). The van der Waals surface area contributed by atoms with Gasteiger partial charge in [-0.25, -0.2) is 0 Å². The van der Waals surface area contributed by atoms with Gasteiger partial charge in [-0.15, -0.1) is 0 Å². The first-order valence-corrected chi connectivity index (χ1v) is 9.55. The van der Waals surface area contributed by atoms with Crippen molar-refractivity contribution in [3.8, 4) is 11.4 Å². The van der Waals surface area contributed by atoms with Crippen LogP contribution in [0.1, 0.15) is 17.9 Å². The van der Waals surface area contributed by atoms with Gasteiger partial charge in [0.15, 0.2) is 0 Å². The number of carbonyl (C=O) groups excluding carboxylic acids is 1. The molecule has 0 atom stereocenters. The number of amides is 1. The minimum atomic E-state index is -0.0447. The number of nitrogens with zero attached hydrogens (tertiary/aromatic N) is 4. The molecule has 7 heteroatoms. The highest BCUT2D eigenvalue weighted by molar-refractivity contribution is 5.76. The molecule has 3 aromatic rings. The van der Waals surface area contributed by atoms with E-state index in [1.807, 2.05) is 86.5 Å². The molecule has 0 fully saturated rings. The zero-order valence-electron chi connectivity index (χ0n) is 17.3. The zero-order chi connectivity index (χ0) is 20.8. The SMILES string of the molecule is CN(C)c1ccc(CNC(=O)CCc2nc(-c3ccc(N(C)C)cc3)no2)cc1. The number of carbonyl (C=O) groups is 1. The van der Waals surface area contributed by atoms with Gasteiger partial charge in [-0.3, -0.25) is 4.79 Å². The van der Waals surface area contributed by atoms with Gasteiger partial charge in [-0.1, -0.05) is 17.3 Å². The molecule has 0 radical (unpaired) electrons. The van der Waals surface area contributed by atoms with Gasteiger partial charge in [-0.05, 0) is 42.0 Å². The van der Waals surface area contributed by atoms with E-state index in [0.717, 1.165) is 22.5 Å². The maximum absolute atomic E-state index is 12.1. The Hall–Kier alpha value is -3.35. The van der Waals surface area contributed by atoms with Crippen molar-refractivity contribution in [2.75, 3.05) is 38.0 Å². The molecule has 0 unspecified atom stereocenters. The van der Waals surface area contributed by atoms with E-state index in [-0.39, 0.29) is 5.91 Å². The Balaban J connectivity index is 1.48. The topological polar surface area (TPSA) is 74.5 Å². The second-order valence-electron chi connectivity index (χ2n) is 7.29. The van der Waals surface area contributed by atoms with Crippen molar-refractivity contribution in [3.05, 3.63) is 60.0 Å². The smallest absolute Gasteiger partial charge is 0.227 e. The Morgan fingerprint density at radius 1 is 0.931 bits per heavy atom. The summed E-state index contributed by atoms with van der Waals surface area (Å²) in [7, 11) is 7.98. The van der Waals surface area contributed by atoms with Crippen LogP contribution in [0.4, 0.5) is 11.4 Å². The number of nitrogens with one attached hydrogen (secondary N) is 1. The summed E-state index contributed by atoms with van der Waals surface area (Å²) in [5.74, 6) is 0.950. The van der Waals surface area contributed by atoms with Gasteiger partial charge in [0.05, 0.1) is 0 Å². The molecule has 0 spiro atoms. The van der Waals surface area contributed by atoms with E-state index in [1.165, 1.54) is 0 Å². The van der Waals surface area contributed by atoms with Gasteiger partial charge in [-0.2, -0.15) is 4.98 Å².